The molecule has 1 atom stereocenters. The summed E-state index contributed by atoms with van der Waals surface area (Å²) >= 11 is 0. The SMILES string of the molecule is Cc1nn(C)cc1C(C)Nc1ccc(-c2cnco2)cc1. The molecule has 0 radical (unpaired) electrons. The highest BCUT2D eigenvalue weighted by atomic mass is 16.3. The van der Waals surface area contributed by atoms with Gasteiger partial charge in [0.25, 0.3) is 0 Å². The van der Waals surface area contributed by atoms with Crippen LogP contribution in [0.5, 0.6) is 0 Å². The van der Waals surface area contributed by atoms with E-state index in [1.165, 1.54) is 12.0 Å². The molecule has 0 aliphatic rings. The molecule has 5 nitrogen and oxygen atoms in total. The van der Waals surface area contributed by atoms with E-state index < -0.39 is 0 Å². The lowest BCUT2D eigenvalue weighted by Crippen LogP contribution is -2.06. The number of aryl methyl sites for hydroxylation is 2. The van der Waals surface area contributed by atoms with Gasteiger partial charge in [-0.05, 0) is 38.1 Å². The monoisotopic (exact) mass is 282 g/mol. The lowest BCUT2D eigenvalue weighted by molar-refractivity contribution is 0.572. The fourth-order valence-corrected chi connectivity index (χ4v) is 2.46. The van der Waals surface area contributed by atoms with Crippen LogP contribution in [0.15, 0.2) is 47.5 Å². The molecule has 0 spiro atoms. The van der Waals surface area contributed by atoms with Crippen molar-refractivity contribution in [1.82, 2.24) is 14.8 Å². The Labute approximate surface area is 123 Å². The molecule has 0 saturated heterocycles. The predicted molar refractivity (Wildman–Crippen MR) is 81.9 cm³/mol. The predicted octanol–water partition coefficient (Wildman–Crippen LogP) is 3.56. The van der Waals surface area contributed by atoms with Crippen LogP contribution in [0.2, 0.25) is 0 Å². The van der Waals surface area contributed by atoms with Crippen molar-refractivity contribution in [2.45, 2.75) is 19.9 Å². The van der Waals surface area contributed by atoms with Crippen LogP contribution >= 0.6 is 0 Å². The van der Waals surface area contributed by atoms with Gasteiger partial charge in [-0.3, -0.25) is 4.68 Å². The molecule has 2 aromatic heterocycles. The van der Waals surface area contributed by atoms with Crippen molar-refractivity contribution in [2.24, 2.45) is 7.05 Å². The molecule has 3 aromatic rings. The molecule has 21 heavy (non-hydrogen) atoms. The first-order valence-electron chi connectivity index (χ1n) is 6.89. The third-order valence-corrected chi connectivity index (χ3v) is 3.50. The van der Waals surface area contributed by atoms with Crippen molar-refractivity contribution in [3.8, 4) is 11.3 Å². The standard InChI is InChI=1S/C16H18N4O/c1-11(15-9-20(3)19-12(15)2)18-14-6-4-13(5-7-14)16-8-17-10-21-16/h4-11,18H,1-3H3. The van der Waals surface area contributed by atoms with Crippen molar-refractivity contribution < 1.29 is 4.42 Å². The number of hydrogen-bond acceptors (Lipinski definition) is 4. The van der Waals surface area contributed by atoms with Crippen molar-refractivity contribution in [2.75, 3.05) is 5.32 Å². The minimum Gasteiger partial charge on any atom is -0.444 e. The maximum Gasteiger partial charge on any atom is 0.181 e. The van der Waals surface area contributed by atoms with Gasteiger partial charge in [-0.25, -0.2) is 4.98 Å². The minimum absolute atomic E-state index is 0.204. The van der Waals surface area contributed by atoms with E-state index in [1.54, 1.807) is 6.20 Å². The highest BCUT2D eigenvalue weighted by Gasteiger charge is 2.11. The first-order chi connectivity index (χ1) is 10.1. The summed E-state index contributed by atoms with van der Waals surface area (Å²) in [5, 5.41) is 7.86. The van der Waals surface area contributed by atoms with E-state index in [-0.39, 0.29) is 6.04 Å². The Morgan fingerprint density at radius 1 is 1.24 bits per heavy atom. The lowest BCUT2D eigenvalue weighted by Gasteiger charge is -2.14. The molecule has 0 saturated carbocycles. The van der Waals surface area contributed by atoms with Gasteiger partial charge in [0.1, 0.15) is 0 Å². The summed E-state index contributed by atoms with van der Waals surface area (Å²) in [7, 11) is 1.94. The van der Waals surface area contributed by atoms with E-state index >= 15 is 0 Å². The second-order valence-electron chi connectivity index (χ2n) is 5.15. The van der Waals surface area contributed by atoms with E-state index in [2.05, 4.69) is 28.5 Å². The zero-order chi connectivity index (χ0) is 14.8. The number of benzene rings is 1. The largest absolute Gasteiger partial charge is 0.444 e. The van der Waals surface area contributed by atoms with Gasteiger partial charge in [0.2, 0.25) is 0 Å². The number of hydrogen-bond donors (Lipinski definition) is 1. The van der Waals surface area contributed by atoms with E-state index in [0.29, 0.717) is 0 Å². The van der Waals surface area contributed by atoms with Crippen molar-refractivity contribution in [1.29, 1.82) is 0 Å². The second-order valence-corrected chi connectivity index (χ2v) is 5.15. The van der Waals surface area contributed by atoms with Gasteiger partial charge >= 0.3 is 0 Å². The maximum atomic E-state index is 5.29. The molecule has 1 aromatic carbocycles. The summed E-state index contributed by atoms with van der Waals surface area (Å²) in [5.74, 6) is 0.776. The molecule has 0 aliphatic heterocycles. The van der Waals surface area contributed by atoms with E-state index in [4.69, 9.17) is 4.42 Å². The molecule has 2 heterocycles. The first-order valence-corrected chi connectivity index (χ1v) is 6.89. The summed E-state index contributed by atoms with van der Waals surface area (Å²) in [6.07, 6.45) is 5.20. The van der Waals surface area contributed by atoms with Crippen LogP contribution in [0.1, 0.15) is 24.2 Å². The molecule has 0 aliphatic carbocycles. The lowest BCUT2D eigenvalue weighted by atomic mass is 10.1. The molecular formula is C16H18N4O. The van der Waals surface area contributed by atoms with Crippen LogP contribution in [0.3, 0.4) is 0 Å². The fourth-order valence-electron chi connectivity index (χ4n) is 2.46. The Morgan fingerprint density at radius 3 is 2.57 bits per heavy atom. The Hall–Kier alpha value is -2.56. The zero-order valence-corrected chi connectivity index (χ0v) is 12.4. The fraction of sp³-hybridized carbons (Fsp3) is 0.250. The quantitative estimate of drug-likeness (QED) is 0.795. The Kier molecular flexibility index (Phi) is 3.48. The Bertz CT molecular complexity index is 713. The summed E-state index contributed by atoms with van der Waals surface area (Å²) in [6, 6.07) is 8.33. The van der Waals surface area contributed by atoms with Crippen LogP contribution in [0.25, 0.3) is 11.3 Å². The van der Waals surface area contributed by atoms with Gasteiger partial charge in [0, 0.05) is 30.1 Å². The molecule has 108 valence electrons. The average Bonchev–Trinajstić information content (AvgIpc) is 3.09. The van der Waals surface area contributed by atoms with Crippen molar-refractivity contribution in [3.63, 3.8) is 0 Å². The summed E-state index contributed by atoms with van der Waals surface area (Å²) in [4.78, 5) is 3.93. The normalized spacial score (nSPS) is 12.3. The third-order valence-electron chi connectivity index (χ3n) is 3.50. The van der Waals surface area contributed by atoms with Gasteiger partial charge in [0.05, 0.1) is 17.9 Å². The summed E-state index contributed by atoms with van der Waals surface area (Å²) in [5.41, 5.74) is 4.34. The Morgan fingerprint density at radius 2 is 2.00 bits per heavy atom. The second kappa shape index (κ2) is 5.44. The summed E-state index contributed by atoms with van der Waals surface area (Å²) < 4.78 is 7.13. The number of aromatic nitrogens is 3. The number of rotatable bonds is 4. The minimum atomic E-state index is 0.204. The number of oxazole rings is 1. The molecule has 0 bridgehead atoms. The van der Waals surface area contributed by atoms with Crippen LogP contribution < -0.4 is 5.32 Å². The molecule has 0 amide bonds. The smallest absolute Gasteiger partial charge is 0.181 e. The first kappa shape index (κ1) is 13.4. The summed E-state index contributed by atoms with van der Waals surface area (Å²) in [6.45, 7) is 4.16. The number of nitrogens with zero attached hydrogens (tertiary/aromatic N) is 3. The van der Waals surface area contributed by atoms with Gasteiger partial charge in [-0.2, -0.15) is 5.10 Å². The molecular weight excluding hydrogens is 264 g/mol. The highest BCUT2D eigenvalue weighted by Crippen LogP contribution is 2.24. The van der Waals surface area contributed by atoms with Gasteiger partial charge in [-0.15, -0.1) is 0 Å². The zero-order valence-electron chi connectivity index (χ0n) is 12.4. The van der Waals surface area contributed by atoms with Crippen molar-refractivity contribution in [3.05, 3.63) is 54.3 Å². The number of nitrogens with one attached hydrogen (secondary N) is 1. The van der Waals surface area contributed by atoms with E-state index in [1.807, 2.05) is 42.9 Å². The van der Waals surface area contributed by atoms with Crippen LogP contribution in [0.4, 0.5) is 5.69 Å². The molecule has 1 N–H and O–H groups in total. The van der Waals surface area contributed by atoms with Crippen LogP contribution in [-0.4, -0.2) is 14.8 Å². The number of anilines is 1. The van der Waals surface area contributed by atoms with Crippen LogP contribution in [-0.2, 0) is 7.05 Å². The van der Waals surface area contributed by atoms with Gasteiger partial charge < -0.3 is 9.73 Å². The molecule has 3 rings (SSSR count). The Balaban J connectivity index is 1.74. The van der Waals surface area contributed by atoms with Crippen molar-refractivity contribution >= 4 is 5.69 Å². The van der Waals surface area contributed by atoms with E-state index in [0.717, 1.165) is 22.7 Å². The molecule has 5 heteroatoms. The van der Waals surface area contributed by atoms with Crippen LogP contribution in [0, 0.1) is 6.92 Å². The topological polar surface area (TPSA) is 55.9 Å². The van der Waals surface area contributed by atoms with Gasteiger partial charge in [0.15, 0.2) is 12.2 Å². The van der Waals surface area contributed by atoms with Gasteiger partial charge in [-0.1, -0.05) is 0 Å². The third kappa shape index (κ3) is 2.81. The molecule has 0 fully saturated rings. The molecule has 1 unspecified atom stereocenters. The highest BCUT2D eigenvalue weighted by molar-refractivity contribution is 5.60. The van der Waals surface area contributed by atoms with E-state index in [9.17, 15) is 0 Å². The maximum absolute atomic E-state index is 5.29. The average molecular weight is 282 g/mol.